The fourth-order valence-corrected chi connectivity index (χ4v) is 3.34. The molecule has 0 unspecified atom stereocenters. The smallest absolute Gasteiger partial charge is 0.378 e. The van der Waals surface area contributed by atoms with Crippen molar-refractivity contribution in [3.63, 3.8) is 0 Å². The molecular formula is C18H19F3N4O. The van der Waals surface area contributed by atoms with E-state index in [9.17, 15) is 13.2 Å². The molecule has 1 fully saturated rings. The van der Waals surface area contributed by atoms with Crippen molar-refractivity contribution in [1.82, 2.24) is 15.3 Å². The number of nitrogens with zero attached hydrogens (tertiary/aromatic N) is 3. The van der Waals surface area contributed by atoms with Gasteiger partial charge < -0.3 is 15.0 Å². The van der Waals surface area contributed by atoms with Crippen LogP contribution in [0.1, 0.15) is 16.8 Å². The molecule has 0 radical (unpaired) electrons. The van der Waals surface area contributed by atoms with Gasteiger partial charge in [-0.3, -0.25) is 0 Å². The number of ether oxygens (including phenoxy) is 1. The maximum atomic E-state index is 13.1. The number of anilines is 1. The van der Waals surface area contributed by atoms with Crippen LogP contribution in [0, 0.1) is 0 Å². The van der Waals surface area contributed by atoms with E-state index in [0.717, 1.165) is 55.3 Å². The Balaban J connectivity index is 1.79. The fraction of sp³-hybridized carbons (Fsp3) is 0.444. The minimum Gasteiger partial charge on any atom is -0.378 e. The van der Waals surface area contributed by atoms with Gasteiger partial charge in [0.15, 0.2) is 5.82 Å². The van der Waals surface area contributed by atoms with Crippen LogP contribution in [0.2, 0.25) is 0 Å². The number of hydrogen-bond acceptors (Lipinski definition) is 5. The molecule has 2 aliphatic rings. The Morgan fingerprint density at radius 3 is 2.69 bits per heavy atom. The van der Waals surface area contributed by atoms with E-state index in [1.165, 1.54) is 6.07 Å². The van der Waals surface area contributed by atoms with Gasteiger partial charge >= 0.3 is 6.18 Å². The van der Waals surface area contributed by atoms with Crippen molar-refractivity contribution in [2.75, 3.05) is 37.7 Å². The first-order chi connectivity index (χ1) is 12.5. The number of rotatable bonds is 2. The molecule has 2 aliphatic heterocycles. The summed E-state index contributed by atoms with van der Waals surface area (Å²) in [6, 6.07) is 5.19. The van der Waals surface area contributed by atoms with Crippen LogP contribution >= 0.6 is 0 Å². The van der Waals surface area contributed by atoms with Gasteiger partial charge in [-0.2, -0.15) is 13.2 Å². The number of halogens is 3. The first kappa shape index (κ1) is 17.2. The molecule has 1 saturated heterocycles. The van der Waals surface area contributed by atoms with E-state index in [-0.39, 0.29) is 0 Å². The number of aromatic nitrogens is 2. The molecule has 3 heterocycles. The van der Waals surface area contributed by atoms with E-state index in [2.05, 4.69) is 20.2 Å². The van der Waals surface area contributed by atoms with Gasteiger partial charge in [0.05, 0.1) is 24.5 Å². The third-order valence-electron chi connectivity index (χ3n) is 4.67. The molecule has 1 aromatic carbocycles. The van der Waals surface area contributed by atoms with E-state index < -0.39 is 11.7 Å². The van der Waals surface area contributed by atoms with Crippen LogP contribution in [0.3, 0.4) is 0 Å². The van der Waals surface area contributed by atoms with Crippen molar-refractivity contribution < 1.29 is 17.9 Å². The SMILES string of the molecule is FC(F)(F)c1cccc(-c2nc3c(c(N4CCOCC4)n2)CCNC3)c1. The molecule has 0 spiro atoms. The lowest BCUT2D eigenvalue weighted by atomic mass is 10.0. The highest BCUT2D eigenvalue weighted by molar-refractivity contribution is 5.62. The molecule has 4 rings (SSSR count). The minimum absolute atomic E-state index is 0.333. The monoisotopic (exact) mass is 364 g/mol. The molecule has 5 nitrogen and oxygen atoms in total. The van der Waals surface area contributed by atoms with Crippen molar-refractivity contribution in [3.05, 3.63) is 41.1 Å². The van der Waals surface area contributed by atoms with Gasteiger partial charge in [0.25, 0.3) is 0 Å². The molecule has 8 heteroatoms. The van der Waals surface area contributed by atoms with Gasteiger partial charge in [-0.25, -0.2) is 9.97 Å². The molecule has 2 aromatic rings. The summed E-state index contributed by atoms with van der Waals surface area (Å²) in [7, 11) is 0. The van der Waals surface area contributed by atoms with E-state index >= 15 is 0 Å². The highest BCUT2D eigenvalue weighted by atomic mass is 19.4. The van der Waals surface area contributed by atoms with E-state index in [1.807, 2.05) is 0 Å². The predicted molar refractivity (Wildman–Crippen MR) is 90.9 cm³/mol. The Labute approximate surface area is 149 Å². The molecule has 1 N–H and O–H groups in total. The zero-order chi connectivity index (χ0) is 18.1. The van der Waals surface area contributed by atoms with Gasteiger partial charge in [0.1, 0.15) is 5.82 Å². The standard InChI is InChI=1S/C18H19F3N4O/c19-18(20,21)13-3-1-2-12(10-13)16-23-15-11-22-5-4-14(15)17(24-16)25-6-8-26-9-7-25/h1-3,10,22H,4-9,11H2. The first-order valence-corrected chi connectivity index (χ1v) is 8.63. The quantitative estimate of drug-likeness (QED) is 0.888. The van der Waals surface area contributed by atoms with Crippen LogP contribution < -0.4 is 10.2 Å². The van der Waals surface area contributed by atoms with Crippen molar-refractivity contribution in [2.45, 2.75) is 19.1 Å². The number of morpholine rings is 1. The van der Waals surface area contributed by atoms with Crippen LogP contribution in [-0.4, -0.2) is 42.8 Å². The Morgan fingerprint density at radius 1 is 1.12 bits per heavy atom. The predicted octanol–water partition coefficient (Wildman–Crippen LogP) is 2.64. The maximum Gasteiger partial charge on any atom is 0.416 e. The highest BCUT2D eigenvalue weighted by Gasteiger charge is 2.31. The molecule has 0 saturated carbocycles. The summed E-state index contributed by atoms with van der Waals surface area (Å²) in [6.07, 6.45) is -3.58. The van der Waals surface area contributed by atoms with E-state index in [4.69, 9.17) is 4.74 Å². The number of hydrogen-bond donors (Lipinski definition) is 1. The lowest BCUT2D eigenvalue weighted by molar-refractivity contribution is -0.137. The Bertz CT molecular complexity index is 804. The van der Waals surface area contributed by atoms with Crippen LogP contribution in [0.25, 0.3) is 11.4 Å². The van der Waals surface area contributed by atoms with E-state index in [1.54, 1.807) is 6.07 Å². The minimum atomic E-state index is -4.39. The summed E-state index contributed by atoms with van der Waals surface area (Å²) in [5.74, 6) is 1.16. The molecule has 26 heavy (non-hydrogen) atoms. The molecule has 0 aliphatic carbocycles. The number of fused-ring (bicyclic) bond motifs is 1. The average molecular weight is 364 g/mol. The van der Waals surface area contributed by atoms with Crippen molar-refractivity contribution in [2.24, 2.45) is 0 Å². The van der Waals surface area contributed by atoms with Crippen LogP contribution in [0.5, 0.6) is 0 Å². The zero-order valence-electron chi connectivity index (χ0n) is 14.1. The van der Waals surface area contributed by atoms with Gasteiger partial charge in [0, 0.05) is 30.8 Å². The van der Waals surface area contributed by atoms with Gasteiger partial charge in [-0.05, 0) is 25.1 Å². The van der Waals surface area contributed by atoms with Crippen molar-refractivity contribution in [1.29, 1.82) is 0 Å². The normalized spacial score (nSPS) is 17.9. The summed E-state index contributed by atoms with van der Waals surface area (Å²) < 4.78 is 44.6. The Hall–Kier alpha value is -2.19. The molecular weight excluding hydrogens is 345 g/mol. The summed E-state index contributed by atoms with van der Waals surface area (Å²) in [6.45, 7) is 4.13. The van der Waals surface area contributed by atoms with E-state index in [0.29, 0.717) is 31.1 Å². The topological polar surface area (TPSA) is 50.3 Å². The number of nitrogens with one attached hydrogen (secondary N) is 1. The van der Waals surface area contributed by atoms with Crippen molar-refractivity contribution >= 4 is 5.82 Å². The molecule has 1 aromatic heterocycles. The lowest BCUT2D eigenvalue weighted by Crippen LogP contribution is -2.39. The molecule has 0 bridgehead atoms. The maximum absolute atomic E-state index is 13.1. The summed E-state index contributed by atoms with van der Waals surface area (Å²) in [5.41, 5.74) is 1.63. The highest BCUT2D eigenvalue weighted by Crippen LogP contribution is 2.33. The first-order valence-electron chi connectivity index (χ1n) is 8.63. The summed E-state index contributed by atoms with van der Waals surface area (Å²) in [5, 5.41) is 3.27. The molecule has 0 atom stereocenters. The lowest BCUT2D eigenvalue weighted by Gasteiger charge is -2.31. The Morgan fingerprint density at radius 2 is 1.92 bits per heavy atom. The van der Waals surface area contributed by atoms with Gasteiger partial charge in [-0.15, -0.1) is 0 Å². The third-order valence-corrected chi connectivity index (χ3v) is 4.67. The van der Waals surface area contributed by atoms with Crippen LogP contribution in [0.4, 0.5) is 19.0 Å². The zero-order valence-corrected chi connectivity index (χ0v) is 14.1. The second-order valence-electron chi connectivity index (χ2n) is 6.40. The molecule has 138 valence electrons. The van der Waals surface area contributed by atoms with Gasteiger partial charge in [0.2, 0.25) is 0 Å². The van der Waals surface area contributed by atoms with Crippen LogP contribution in [0.15, 0.2) is 24.3 Å². The Kier molecular flexibility index (Phi) is 4.54. The third kappa shape index (κ3) is 3.39. The van der Waals surface area contributed by atoms with Gasteiger partial charge in [-0.1, -0.05) is 12.1 Å². The largest absolute Gasteiger partial charge is 0.416 e. The molecule has 0 amide bonds. The summed E-state index contributed by atoms with van der Waals surface area (Å²) in [4.78, 5) is 11.4. The second-order valence-corrected chi connectivity index (χ2v) is 6.40. The number of benzene rings is 1. The average Bonchev–Trinajstić information content (AvgIpc) is 2.67. The van der Waals surface area contributed by atoms with Crippen LogP contribution in [-0.2, 0) is 23.9 Å². The second kappa shape index (κ2) is 6.85. The van der Waals surface area contributed by atoms with Crippen molar-refractivity contribution in [3.8, 4) is 11.4 Å². The fourth-order valence-electron chi connectivity index (χ4n) is 3.34. The summed E-state index contributed by atoms with van der Waals surface area (Å²) >= 11 is 0. The number of alkyl halides is 3.